The summed E-state index contributed by atoms with van der Waals surface area (Å²) in [4.78, 5) is 2.48. The molecule has 0 bridgehead atoms. The van der Waals surface area contributed by atoms with E-state index in [1.807, 2.05) is 0 Å². The first-order chi connectivity index (χ1) is 5.74. The van der Waals surface area contributed by atoms with E-state index in [-0.39, 0.29) is 0 Å². The maximum absolute atomic E-state index is 5.07. The second kappa shape index (κ2) is 4.80. The molecule has 3 nitrogen and oxygen atoms in total. The summed E-state index contributed by atoms with van der Waals surface area (Å²) in [5.41, 5.74) is 0. The fraction of sp³-hybridized carbons (Fsp3) is 1.00. The van der Waals surface area contributed by atoms with Gasteiger partial charge in [-0.1, -0.05) is 0 Å². The molecule has 0 aromatic rings. The third-order valence-electron chi connectivity index (χ3n) is 2.48. The molecule has 0 aliphatic carbocycles. The SMILES string of the molecule is COCCN1C[C@H](C)NC[C@H]1C. The zero-order valence-corrected chi connectivity index (χ0v) is 8.34. The molecular formula is C9H20N2O. The van der Waals surface area contributed by atoms with E-state index in [0.29, 0.717) is 12.1 Å². The maximum atomic E-state index is 5.07. The quantitative estimate of drug-likeness (QED) is 0.663. The van der Waals surface area contributed by atoms with Crippen LogP contribution < -0.4 is 5.32 Å². The van der Waals surface area contributed by atoms with Crippen molar-refractivity contribution in [3.63, 3.8) is 0 Å². The van der Waals surface area contributed by atoms with Crippen molar-refractivity contribution in [1.82, 2.24) is 10.2 Å². The molecule has 2 atom stereocenters. The first kappa shape index (κ1) is 9.96. The molecule has 0 saturated carbocycles. The first-order valence-electron chi connectivity index (χ1n) is 4.70. The molecular weight excluding hydrogens is 152 g/mol. The van der Waals surface area contributed by atoms with Crippen molar-refractivity contribution in [1.29, 1.82) is 0 Å². The van der Waals surface area contributed by atoms with Crippen LogP contribution in [0, 0.1) is 0 Å². The Morgan fingerprint density at radius 2 is 2.25 bits per heavy atom. The molecule has 1 rings (SSSR count). The van der Waals surface area contributed by atoms with Gasteiger partial charge in [-0.25, -0.2) is 0 Å². The minimum atomic E-state index is 0.623. The van der Waals surface area contributed by atoms with Gasteiger partial charge in [0.2, 0.25) is 0 Å². The number of ether oxygens (including phenoxy) is 1. The van der Waals surface area contributed by atoms with Gasteiger partial charge in [0.1, 0.15) is 0 Å². The molecule has 0 aromatic heterocycles. The fourth-order valence-corrected chi connectivity index (χ4v) is 1.62. The Labute approximate surface area is 75.1 Å². The Kier molecular flexibility index (Phi) is 3.98. The van der Waals surface area contributed by atoms with Gasteiger partial charge in [0.05, 0.1) is 6.61 Å². The van der Waals surface area contributed by atoms with Crippen LogP contribution in [0.25, 0.3) is 0 Å². The van der Waals surface area contributed by atoms with Gasteiger partial charge >= 0.3 is 0 Å². The average molecular weight is 172 g/mol. The van der Waals surface area contributed by atoms with Crippen molar-refractivity contribution < 1.29 is 4.74 Å². The lowest BCUT2D eigenvalue weighted by atomic mass is 10.1. The van der Waals surface area contributed by atoms with Gasteiger partial charge in [-0.3, -0.25) is 4.90 Å². The summed E-state index contributed by atoms with van der Waals surface area (Å²) >= 11 is 0. The molecule has 1 N–H and O–H groups in total. The predicted molar refractivity (Wildman–Crippen MR) is 50.4 cm³/mol. The van der Waals surface area contributed by atoms with Crippen molar-refractivity contribution in [2.45, 2.75) is 25.9 Å². The van der Waals surface area contributed by atoms with E-state index < -0.39 is 0 Å². The minimum absolute atomic E-state index is 0.623. The van der Waals surface area contributed by atoms with Crippen LogP contribution in [0.2, 0.25) is 0 Å². The lowest BCUT2D eigenvalue weighted by molar-refractivity contribution is 0.0966. The zero-order chi connectivity index (χ0) is 8.97. The van der Waals surface area contributed by atoms with E-state index in [0.717, 1.165) is 26.2 Å². The minimum Gasteiger partial charge on any atom is -0.383 e. The Bertz CT molecular complexity index is 130. The van der Waals surface area contributed by atoms with Crippen LogP contribution >= 0.6 is 0 Å². The van der Waals surface area contributed by atoms with Crippen LogP contribution in [0.5, 0.6) is 0 Å². The lowest BCUT2D eigenvalue weighted by Gasteiger charge is -2.37. The molecule has 0 aromatic carbocycles. The number of methoxy groups -OCH3 is 1. The van der Waals surface area contributed by atoms with Crippen LogP contribution in [0.3, 0.4) is 0 Å². The van der Waals surface area contributed by atoms with E-state index in [1.165, 1.54) is 0 Å². The van der Waals surface area contributed by atoms with Crippen LogP contribution in [0.15, 0.2) is 0 Å². The second-order valence-corrected chi connectivity index (χ2v) is 3.65. The molecule has 1 aliphatic heterocycles. The summed E-state index contributed by atoms with van der Waals surface area (Å²) in [6.07, 6.45) is 0. The molecule has 1 heterocycles. The van der Waals surface area contributed by atoms with E-state index in [2.05, 4.69) is 24.1 Å². The number of hydrogen-bond donors (Lipinski definition) is 1. The Hall–Kier alpha value is -0.120. The van der Waals surface area contributed by atoms with Gasteiger partial charge < -0.3 is 10.1 Å². The molecule has 12 heavy (non-hydrogen) atoms. The van der Waals surface area contributed by atoms with Crippen LogP contribution in [0.4, 0.5) is 0 Å². The monoisotopic (exact) mass is 172 g/mol. The van der Waals surface area contributed by atoms with Crippen LogP contribution in [0.1, 0.15) is 13.8 Å². The molecule has 0 amide bonds. The maximum Gasteiger partial charge on any atom is 0.0589 e. The van der Waals surface area contributed by atoms with Crippen LogP contribution in [-0.4, -0.2) is 50.3 Å². The van der Waals surface area contributed by atoms with Crippen molar-refractivity contribution in [3.8, 4) is 0 Å². The first-order valence-corrected chi connectivity index (χ1v) is 4.70. The molecule has 1 fully saturated rings. The average Bonchev–Trinajstić information content (AvgIpc) is 2.07. The number of nitrogens with zero attached hydrogens (tertiary/aromatic N) is 1. The third kappa shape index (κ3) is 2.73. The number of rotatable bonds is 3. The van der Waals surface area contributed by atoms with Gasteiger partial charge in [-0.2, -0.15) is 0 Å². The van der Waals surface area contributed by atoms with Crippen molar-refractivity contribution in [2.24, 2.45) is 0 Å². The van der Waals surface area contributed by atoms with Crippen molar-refractivity contribution >= 4 is 0 Å². The van der Waals surface area contributed by atoms with Crippen LogP contribution in [-0.2, 0) is 4.74 Å². The van der Waals surface area contributed by atoms with Gasteiger partial charge in [0.15, 0.2) is 0 Å². The Balaban J connectivity index is 2.28. The summed E-state index contributed by atoms with van der Waals surface area (Å²) in [5.74, 6) is 0. The third-order valence-corrected chi connectivity index (χ3v) is 2.48. The highest BCUT2D eigenvalue weighted by atomic mass is 16.5. The van der Waals surface area contributed by atoms with E-state index in [4.69, 9.17) is 4.74 Å². The standard InChI is InChI=1S/C9H20N2O/c1-8-7-11(4-5-12-3)9(2)6-10-8/h8-10H,4-7H2,1-3H3/t8-,9+/m0/s1. The molecule has 0 radical (unpaired) electrons. The predicted octanol–water partition coefficient (Wildman–Crippen LogP) is 0.315. The number of hydrogen-bond acceptors (Lipinski definition) is 3. The number of nitrogens with one attached hydrogen (secondary N) is 1. The fourth-order valence-electron chi connectivity index (χ4n) is 1.62. The number of piperazine rings is 1. The molecule has 72 valence electrons. The van der Waals surface area contributed by atoms with E-state index in [1.54, 1.807) is 7.11 Å². The summed E-state index contributed by atoms with van der Waals surface area (Å²) in [6, 6.07) is 1.27. The summed E-state index contributed by atoms with van der Waals surface area (Å²) in [5, 5.41) is 3.46. The van der Waals surface area contributed by atoms with Gasteiger partial charge in [0.25, 0.3) is 0 Å². The highest BCUT2D eigenvalue weighted by Gasteiger charge is 2.21. The normalized spacial score (nSPS) is 32.2. The largest absolute Gasteiger partial charge is 0.383 e. The topological polar surface area (TPSA) is 24.5 Å². The van der Waals surface area contributed by atoms with Gasteiger partial charge in [-0.15, -0.1) is 0 Å². The van der Waals surface area contributed by atoms with Crippen molar-refractivity contribution in [2.75, 3.05) is 33.4 Å². The Morgan fingerprint density at radius 1 is 1.50 bits per heavy atom. The van der Waals surface area contributed by atoms with E-state index >= 15 is 0 Å². The molecule has 0 spiro atoms. The van der Waals surface area contributed by atoms with Gasteiger partial charge in [-0.05, 0) is 13.8 Å². The second-order valence-electron chi connectivity index (χ2n) is 3.65. The smallest absolute Gasteiger partial charge is 0.0589 e. The van der Waals surface area contributed by atoms with Crippen molar-refractivity contribution in [3.05, 3.63) is 0 Å². The summed E-state index contributed by atoms with van der Waals surface area (Å²) in [6.45, 7) is 8.64. The molecule has 1 saturated heterocycles. The highest BCUT2D eigenvalue weighted by Crippen LogP contribution is 2.05. The lowest BCUT2D eigenvalue weighted by Crippen LogP contribution is -2.54. The summed E-state index contributed by atoms with van der Waals surface area (Å²) < 4.78 is 5.07. The highest BCUT2D eigenvalue weighted by molar-refractivity contribution is 4.80. The molecule has 1 aliphatic rings. The molecule has 3 heteroatoms. The van der Waals surface area contributed by atoms with E-state index in [9.17, 15) is 0 Å². The Morgan fingerprint density at radius 3 is 2.92 bits per heavy atom. The molecule has 0 unspecified atom stereocenters. The summed E-state index contributed by atoms with van der Waals surface area (Å²) in [7, 11) is 1.76. The zero-order valence-electron chi connectivity index (χ0n) is 8.34. The van der Waals surface area contributed by atoms with Gasteiger partial charge in [0, 0.05) is 38.8 Å².